The van der Waals surface area contributed by atoms with Gasteiger partial charge in [0.2, 0.25) is 0 Å². The Kier molecular flexibility index (Phi) is 5.38. The van der Waals surface area contributed by atoms with Gasteiger partial charge in [0.1, 0.15) is 9.71 Å². The molecule has 162 valence electrons. The topological polar surface area (TPSA) is 83.8 Å². The highest BCUT2D eigenvalue weighted by atomic mass is 32.1. The number of fused-ring (bicyclic) bond motifs is 2. The Bertz CT molecular complexity index is 1270. The molecule has 0 aliphatic carbocycles. The molecule has 0 aliphatic heterocycles. The summed E-state index contributed by atoms with van der Waals surface area (Å²) in [7, 11) is 0. The zero-order valence-electron chi connectivity index (χ0n) is 16.9. The molecule has 0 atom stereocenters. The van der Waals surface area contributed by atoms with Crippen LogP contribution in [0.25, 0.3) is 21.1 Å². The number of rotatable bonds is 5. The molecule has 0 saturated heterocycles. The fourth-order valence-corrected chi connectivity index (χ4v) is 4.60. The molecule has 9 heteroatoms. The SMILES string of the molecule is CC(C)c1cc(C(F)(F)F)c2c(N)c(C(=O)NCCc3c[nH]c4ccccc34)sc2n1. The molecule has 31 heavy (non-hydrogen) atoms. The molecule has 1 aromatic carbocycles. The van der Waals surface area contributed by atoms with E-state index in [0.29, 0.717) is 18.7 Å². The zero-order valence-corrected chi connectivity index (χ0v) is 17.7. The first-order chi connectivity index (χ1) is 14.7. The second-order valence-electron chi connectivity index (χ2n) is 7.64. The van der Waals surface area contributed by atoms with Crippen LogP contribution in [0.1, 0.15) is 46.3 Å². The summed E-state index contributed by atoms with van der Waals surface area (Å²) in [5, 5.41) is 3.63. The lowest BCUT2D eigenvalue weighted by Crippen LogP contribution is -2.25. The molecule has 0 bridgehead atoms. The predicted molar refractivity (Wildman–Crippen MR) is 117 cm³/mol. The van der Waals surface area contributed by atoms with Crippen molar-refractivity contribution in [1.82, 2.24) is 15.3 Å². The molecule has 0 spiro atoms. The number of para-hydroxylation sites is 1. The van der Waals surface area contributed by atoms with Gasteiger partial charge in [-0.2, -0.15) is 13.2 Å². The van der Waals surface area contributed by atoms with E-state index in [9.17, 15) is 18.0 Å². The summed E-state index contributed by atoms with van der Waals surface area (Å²) in [6.45, 7) is 3.86. The van der Waals surface area contributed by atoms with E-state index in [-0.39, 0.29) is 26.7 Å². The number of anilines is 1. The highest BCUT2D eigenvalue weighted by molar-refractivity contribution is 7.21. The standard InChI is InChI=1S/C22H21F3N4OS/c1-11(2)16-9-14(22(23,24)25)17-18(26)19(31-21(17)29-16)20(30)27-8-7-12-10-28-15-6-4-3-5-13(12)15/h3-6,9-11,28H,7-8,26H2,1-2H3,(H,27,30). The van der Waals surface area contributed by atoms with E-state index in [1.54, 1.807) is 13.8 Å². The number of thiophene rings is 1. The van der Waals surface area contributed by atoms with E-state index >= 15 is 0 Å². The normalized spacial score (nSPS) is 12.2. The van der Waals surface area contributed by atoms with Crippen LogP contribution in [0.5, 0.6) is 0 Å². The summed E-state index contributed by atoms with van der Waals surface area (Å²) in [4.78, 5) is 20.4. The number of aromatic amines is 1. The lowest BCUT2D eigenvalue weighted by molar-refractivity contribution is -0.136. The van der Waals surface area contributed by atoms with Gasteiger partial charge in [0.05, 0.1) is 11.3 Å². The number of halogens is 3. The van der Waals surface area contributed by atoms with Gasteiger partial charge in [-0.05, 0) is 30.0 Å². The van der Waals surface area contributed by atoms with Gasteiger partial charge in [0.25, 0.3) is 5.91 Å². The number of nitrogens with one attached hydrogen (secondary N) is 2. The number of nitrogens with zero attached hydrogens (tertiary/aromatic N) is 1. The van der Waals surface area contributed by atoms with Crippen LogP contribution in [-0.2, 0) is 12.6 Å². The Morgan fingerprint density at radius 1 is 1.29 bits per heavy atom. The van der Waals surface area contributed by atoms with Crippen molar-refractivity contribution in [2.24, 2.45) is 0 Å². The van der Waals surface area contributed by atoms with E-state index in [2.05, 4.69) is 15.3 Å². The Morgan fingerprint density at radius 3 is 2.74 bits per heavy atom. The van der Waals surface area contributed by atoms with E-state index in [4.69, 9.17) is 5.73 Å². The van der Waals surface area contributed by atoms with Gasteiger partial charge in [-0.25, -0.2) is 4.98 Å². The van der Waals surface area contributed by atoms with Gasteiger partial charge in [-0.3, -0.25) is 4.79 Å². The summed E-state index contributed by atoms with van der Waals surface area (Å²) in [6.07, 6.45) is -2.13. The minimum absolute atomic E-state index is 0.0489. The van der Waals surface area contributed by atoms with Gasteiger partial charge in [0.15, 0.2) is 0 Å². The molecule has 0 saturated carbocycles. The molecule has 0 fully saturated rings. The second kappa shape index (κ2) is 7.88. The Balaban J connectivity index is 1.60. The second-order valence-corrected chi connectivity index (χ2v) is 8.64. The largest absolute Gasteiger partial charge is 0.417 e. The van der Waals surface area contributed by atoms with Crippen LogP contribution in [0.15, 0.2) is 36.5 Å². The zero-order chi connectivity index (χ0) is 22.3. The Hall–Kier alpha value is -3.07. The van der Waals surface area contributed by atoms with Crippen molar-refractivity contribution >= 4 is 44.1 Å². The third-order valence-corrected chi connectivity index (χ3v) is 6.27. The highest BCUT2D eigenvalue weighted by Crippen LogP contribution is 2.42. The first-order valence-corrected chi connectivity index (χ1v) is 10.6. The average Bonchev–Trinajstić information content (AvgIpc) is 3.28. The van der Waals surface area contributed by atoms with Gasteiger partial charge < -0.3 is 16.0 Å². The molecular weight excluding hydrogens is 425 g/mol. The first kappa shape index (κ1) is 21.2. The molecule has 4 rings (SSSR count). The van der Waals surface area contributed by atoms with Crippen molar-refractivity contribution in [2.75, 3.05) is 12.3 Å². The molecule has 3 aromatic heterocycles. The van der Waals surface area contributed by atoms with Crippen LogP contribution >= 0.6 is 11.3 Å². The Labute approximate surface area is 180 Å². The molecule has 0 aliphatic rings. The summed E-state index contributed by atoms with van der Waals surface area (Å²) < 4.78 is 41.0. The van der Waals surface area contributed by atoms with Crippen LogP contribution in [0.2, 0.25) is 0 Å². The molecule has 1 amide bonds. The number of nitrogen functional groups attached to an aromatic ring is 1. The number of aromatic nitrogens is 2. The van der Waals surface area contributed by atoms with Gasteiger partial charge in [0, 0.05) is 34.7 Å². The van der Waals surface area contributed by atoms with Gasteiger partial charge >= 0.3 is 6.18 Å². The molecular formula is C22H21F3N4OS. The van der Waals surface area contributed by atoms with Crippen LogP contribution in [0.3, 0.4) is 0 Å². The van der Waals surface area contributed by atoms with Crippen molar-refractivity contribution in [2.45, 2.75) is 32.4 Å². The number of carbonyl (C=O) groups excluding carboxylic acids is 1. The van der Waals surface area contributed by atoms with Crippen molar-refractivity contribution in [1.29, 1.82) is 0 Å². The number of hydrogen-bond donors (Lipinski definition) is 3. The van der Waals surface area contributed by atoms with E-state index in [0.717, 1.165) is 33.9 Å². The molecule has 0 unspecified atom stereocenters. The van der Waals surface area contributed by atoms with Crippen molar-refractivity contribution < 1.29 is 18.0 Å². The maximum atomic E-state index is 13.7. The Morgan fingerprint density at radius 2 is 2.03 bits per heavy atom. The number of H-pyrrole nitrogens is 1. The molecule has 4 aromatic rings. The summed E-state index contributed by atoms with van der Waals surface area (Å²) >= 11 is 0.890. The number of benzene rings is 1. The number of alkyl halides is 3. The quantitative estimate of drug-likeness (QED) is 0.380. The summed E-state index contributed by atoms with van der Waals surface area (Å²) in [5.41, 5.74) is 7.33. The fourth-order valence-electron chi connectivity index (χ4n) is 3.56. The van der Waals surface area contributed by atoms with E-state index in [1.165, 1.54) is 0 Å². The highest BCUT2D eigenvalue weighted by Gasteiger charge is 2.36. The number of hydrogen-bond acceptors (Lipinski definition) is 4. The summed E-state index contributed by atoms with van der Waals surface area (Å²) in [5.74, 6) is -0.693. The number of amides is 1. The molecule has 3 heterocycles. The van der Waals surface area contributed by atoms with Crippen LogP contribution in [0.4, 0.5) is 18.9 Å². The smallest absolute Gasteiger partial charge is 0.397 e. The maximum absolute atomic E-state index is 13.7. The number of nitrogens with two attached hydrogens (primary N) is 1. The third-order valence-electron chi connectivity index (χ3n) is 5.18. The maximum Gasteiger partial charge on any atom is 0.417 e. The monoisotopic (exact) mass is 446 g/mol. The minimum Gasteiger partial charge on any atom is -0.397 e. The minimum atomic E-state index is -4.59. The van der Waals surface area contributed by atoms with Crippen molar-refractivity contribution in [3.63, 3.8) is 0 Å². The number of pyridine rings is 1. The average molecular weight is 446 g/mol. The predicted octanol–water partition coefficient (Wildman–Crippen LogP) is 5.47. The fraction of sp³-hybridized carbons (Fsp3) is 0.273. The van der Waals surface area contributed by atoms with Crippen LogP contribution < -0.4 is 11.1 Å². The number of carbonyl (C=O) groups is 1. The van der Waals surface area contributed by atoms with Crippen molar-refractivity contribution in [3.05, 3.63) is 58.2 Å². The lowest BCUT2D eigenvalue weighted by atomic mass is 10.0. The van der Waals surface area contributed by atoms with E-state index in [1.807, 2.05) is 30.5 Å². The van der Waals surface area contributed by atoms with E-state index < -0.39 is 17.6 Å². The third kappa shape index (κ3) is 3.97. The molecule has 4 N–H and O–H groups in total. The van der Waals surface area contributed by atoms with Crippen LogP contribution in [0, 0.1) is 0 Å². The molecule has 0 radical (unpaired) electrons. The first-order valence-electron chi connectivity index (χ1n) is 9.80. The lowest BCUT2D eigenvalue weighted by Gasteiger charge is -2.12. The van der Waals surface area contributed by atoms with Gasteiger partial charge in [-0.1, -0.05) is 32.0 Å². The summed E-state index contributed by atoms with van der Waals surface area (Å²) in [6, 6.07) is 8.85. The van der Waals surface area contributed by atoms with Crippen LogP contribution in [-0.4, -0.2) is 22.4 Å². The molecule has 5 nitrogen and oxygen atoms in total. The van der Waals surface area contributed by atoms with Gasteiger partial charge in [-0.15, -0.1) is 11.3 Å². The van der Waals surface area contributed by atoms with Crippen molar-refractivity contribution in [3.8, 4) is 0 Å².